The van der Waals surface area contributed by atoms with Crippen molar-refractivity contribution < 1.29 is 9.53 Å². The Morgan fingerprint density at radius 3 is 2.48 bits per heavy atom. The number of aryl methyl sites for hydroxylation is 1. The molecule has 0 aliphatic rings. The summed E-state index contributed by atoms with van der Waals surface area (Å²) in [5.41, 5.74) is 1.53. The molecule has 3 rings (SSSR count). The van der Waals surface area contributed by atoms with Crippen molar-refractivity contribution in [1.82, 2.24) is 20.5 Å². The van der Waals surface area contributed by atoms with Gasteiger partial charge in [0.2, 0.25) is 0 Å². The molecule has 0 atom stereocenters. The summed E-state index contributed by atoms with van der Waals surface area (Å²) >= 11 is 0. The number of ether oxygens (including phenoxy) is 1. The number of methoxy groups -OCH3 is 1. The van der Waals surface area contributed by atoms with Crippen LogP contribution in [0.2, 0.25) is 0 Å². The topological polar surface area (TPSA) is 113 Å². The highest BCUT2D eigenvalue weighted by molar-refractivity contribution is 5.90. The molecule has 0 saturated heterocycles. The van der Waals surface area contributed by atoms with Crippen LogP contribution in [0.3, 0.4) is 0 Å². The molecule has 3 aromatic rings. The third-order valence-electron chi connectivity index (χ3n) is 3.88. The third kappa shape index (κ3) is 6.06. The van der Waals surface area contributed by atoms with Crippen molar-refractivity contribution in [3.8, 4) is 5.75 Å². The molecule has 0 saturated carbocycles. The van der Waals surface area contributed by atoms with Crippen molar-refractivity contribution in [1.29, 1.82) is 0 Å². The Morgan fingerprint density at radius 1 is 0.931 bits per heavy atom. The quantitative estimate of drug-likeness (QED) is 0.435. The molecule has 2 amide bonds. The van der Waals surface area contributed by atoms with E-state index in [2.05, 4.69) is 36.4 Å². The second kappa shape index (κ2) is 9.88. The normalized spacial score (nSPS) is 10.1. The molecular formula is C20H23N7O2. The van der Waals surface area contributed by atoms with E-state index in [1.165, 1.54) is 0 Å². The smallest absolute Gasteiger partial charge is 0.319 e. The minimum absolute atomic E-state index is 0.312. The molecule has 0 unspecified atom stereocenters. The minimum atomic E-state index is -0.312. The molecule has 0 radical (unpaired) electrons. The Bertz CT molecular complexity index is 948. The van der Waals surface area contributed by atoms with Crippen molar-refractivity contribution >= 4 is 29.2 Å². The van der Waals surface area contributed by atoms with Gasteiger partial charge in [0.05, 0.1) is 12.8 Å². The van der Waals surface area contributed by atoms with E-state index in [0.29, 0.717) is 42.0 Å². The molecular weight excluding hydrogens is 370 g/mol. The van der Waals surface area contributed by atoms with Gasteiger partial charge in [-0.15, -0.1) is 10.2 Å². The number of anilines is 4. The van der Waals surface area contributed by atoms with Crippen molar-refractivity contribution in [2.45, 2.75) is 6.92 Å². The molecule has 9 nitrogen and oxygen atoms in total. The lowest BCUT2D eigenvalue weighted by atomic mass is 10.3. The first-order chi connectivity index (χ1) is 14.1. The van der Waals surface area contributed by atoms with Gasteiger partial charge in [0.15, 0.2) is 5.82 Å². The highest BCUT2D eigenvalue weighted by Gasteiger charge is 2.06. The number of rotatable bonds is 8. The minimum Gasteiger partial charge on any atom is -0.495 e. The van der Waals surface area contributed by atoms with Gasteiger partial charge in [0.25, 0.3) is 0 Å². The van der Waals surface area contributed by atoms with E-state index in [-0.39, 0.29) is 6.03 Å². The fraction of sp³-hybridized carbons (Fsp3) is 0.200. The van der Waals surface area contributed by atoms with E-state index < -0.39 is 0 Å². The number of aromatic nitrogens is 3. The predicted octanol–water partition coefficient (Wildman–Crippen LogP) is 3.17. The van der Waals surface area contributed by atoms with Gasteiger partial charge in [0, 0.05) is 18.8 Å². The number of pyridine rings is 1. The van der Waals surface area contributed by atoms with Gasteiger partial charge in [0.1, 0.15) is 17.4 Å². The fourth-order valence-electron chi connectivity index (χ4n) is 2.52. The number of para-hydroxylation sites is 2. The number of hydrogen-bond donors (Lipinski definition) is 4. The highest BCUT2D eigenvalue weighted by Crippen LogP contribution is 2.22. The first kappa shape index (κ1) is 19.9. The van der Waals surface area contributed by atoms with Crippen molar-refractivity contribution in [2.75, 3.05) is 36.1 Å². The van der Waals surface area contributed by atoms with Crippen LogP contribution in [0.1, 0.15) is 5.69 Å². The molecule has 29 heavy (non-hydrogen) atoms. The summed E-state index contributed by atoms with van der Waals surface area (Å²) < 4.78 is 5.20. The largest absolute Gasteiger partial charge is 0.495 e. The first-order valence-electron chi connectivity index (χ1n) is 9.10. The summed E-state index contributed by atoms with van der Waals surface area (Å²) in [5, 5.41) is 19.9. The second-order valence-corrected chi connectivity index (χ2v) is 6.10. The highest BCUT2D eigenvalue weighted by atomic mass is 16.5. The van der Waals surface area contributed by atoms with Gasteiger partial charge >= 0.3 is 6.03 Å². The fourth-order valence-corrected chi connectivity index (χ4v) is 2.52. The average Bonchev–Trinajstić information content (AvgIpc) is 2.73. The van der Waals surface area contributed by atoms with E-state index in [1.807, 2.05) is 37.3 Å². The lowest BCUT2D eigenvalue weighted by molar-refractivity contribution is 0.252. The van der Waals surface area contributed by atoms with Crippen molar-refractivity contribution in [3.63, 3.8) is 0 Å². The summed E-state index contributed by atoms with van der Waals surface area (Å²) in [6.45, 7) is 2.84. The van der Waals surface area contributed by atoms with Gasteiger partial charge in [-0.05, 0) is 43.3 Å². The SMILES string of the molecule is COc1ccccc1NC(=O)NCCNc1ccc(Nc2cccc(C)n2)nn1. The zero-order chi connectivity index (χ0) is 20.5. The number of benzene rings is 1. The van der Waals surface area contributed by atoms with Gasteiger partial charge in [-0.2, -0.15) is 0 Å². The van der Waals surface area contributed by atoms with Crippen LogP contribution in [-0.2, 0) is 0 Å². The number of amides is 2. The zero-order valence-electron chi connectivity index (χ0n) is 16.3. The number of nitrogens with one attached hydrogen (secondary N) is 4. The first-order valence-corrected chi connectivity index (χ1v) is 9.10. The zero-order valence-corrected chi connectivity index (χ0v) is 16.3. The molecule has 9 heteroatoms. The Kier molecular flexibility index (Phi) is 6.77. The van der Waals surface area contributed by atoms with Crippen LogP contribution in [0.25, 0.3) is 0 Å². The van der Waals surface area contributed by atoms with Crippen LogP contribution in [0.15, 0.2) is 54.6 Å². The average molecular weight is 393 g/mol. The maximum atomic E-state index is 12.0. The lowest BCUT2D eigenvalue weighted by Gasteiger charge is -2.11. The van der Waals surface area contributed by atoms with Gasteiger partial charge in [-0.3, -0.25) is 0 Å². The number of carbonyl (C=O) groups is 1. The summed E-state index contributed by atoms with van der Waals surface area (Å²) in [5.74, 6) is 2.53. The third-order valence-corrected chi connectivity index (χ3v) is 3.88. The standard InChI is InChI=1S/C20H23N7O2/c1-14-6-5-9-18(23-14)25-19-11-10-17(26-27-19)21-12-13-22-20(28)24-15-7-3-4-8-16(15)29-2/h3-11H,12-13H2,1-2H3,(H,21,26)(H2,22,24,28)(H,23,25,27). The number of hydrogen-bond acceptors (Lipinski definition) is 7. The molecule has 4 N–H and O–H groups in total. The van der Waals surface area contributed by atoms with Crippen LogP contribution in [0.4, 0.5) is 27.9 Å². The Balaban J connectivity index is 1.40. The van der Waals surface area contributed by atoms with Crippen LogP contribution in [0.5, 0.6) is 5.75 Å². The van der Waals surface area contributed by atoms with Crippen LogP contribution < -0.4 is 26.0 Å². The Hall–Kier alpha value is -3.88. The summed E-state index contributed by atoms with van der Waals surface area (Å²) in [6, 6.07) is 16.2. The van der Waals surface area contributed by atoms with Crippen LogP contribution >= 0.6 is 0 Å². The molecule has 0 fully saturated rings. The van der Waals surface area contributed by atoms with E-state index >= 15 is 0 Å². The summed E-state index contributed by atoms with van der Waals surface area (Å²) in [4.78, 5) is 16.3. The summed E-state index contributed by atoms with van der Waals surface area (Å²) in [6.07, 6.45) is 0. The van der Waals surface area contributed by atoms with Crippen LogP contribution in [-0.4, -0.2) is 41.4 Å². The number of urea groups is 1. The second-order valence-electron chi connectivity index (χ2n) is 6.10. The molecule has 2 aromatic heterocycles. The maximum Gasteiger partial charge on any atom is 0.319 e. The van der Waals surface area contributed by atoms with E-state index in [9.17, 15) is 4.79 Å². The molecule has 0 spiro atoms. The van der Waals surface area contributed by atoms with Gasteiger partial charge in [-0.25, -0.2) is 9.78 Å². The molecule has 1 aromatic carbocycles. The van der Waals surface area contributed by atoms with E-state index in [1.54, 1.807) is 31.4 Å². The van der Waals surface area contributed by atoms with Gasteiger partial charge < -0.3 is 26.0 Å². The molecule has 0 bridgehead atoms. The molecule has 0 aliphatic heterocycles. The Labute approximate surface area is 168 Å². The number of nitrogens with zero attached hydrogens (tertiary/aromatic N) is 3. The van der Waals surface area contributed by atoms with Crippen LogP contribution in [0, 0.1) is 6.92 Å². The van der Waals surface area contributed by atoms with E-state index in [4.69, 9.17) is 4.74 Å². The molecule has 150 valence electrons. The monoisotopic (exact) mass is 393 g/mol. The Morgan fingerprint density at radius 2 is 1.72 bits per heavy atom. The maximum absolute atomic E-state index is 12.0. The number of carbonyl (C=O) groups excluding carboxylic acids is 1. The van der Waals surface area contributed by atoms with Crippen molar-refractivity contribution in [2.24, 2.45) is 0 Å². The predicted molar refractivity (Wildman–Crippen MR) is 113 cm³/mol. The molecule has 2 heterocycles. The van der Waals surface area contributed by atoms with Gasteiger partial charge in [-0.1, -0.05) is 18.2 Å². The van der Waals surface area contributed by atoms with E-state index in [0.717, 1.165) is 5.69 Å². The lowest BCUT2D eigenvalue weighted by Crippen LogP contribution is -2.32. The molecule has 0 aliphatic carbocycles. The summed E-state index contributed by atoms with van der Waals surface area (Å²) in [7, 11) is 1.56. The van der Waals surface area contributed by atoms with Crippen molar-refractivity contribution in [3.05, 3.63) is 60.3 Å².